The van der Waals surface area contributed by atoms with Crippen LogP contribution in [0.2, 0.25) is 0 Å². The zero-order valence-corrected chi connectivity index (χ0v) is 11.1. The van der Waals surface area contributed by atoms with Crippen LogP contribution >= 0.6 is 15.9 Å². The van der Waals surface area contributed by atoms with Crippen LogP contribution in [0.5, 0.6) is 0 Å². The normalized spacial score (nSPS) is 10.7. The summed E-state index contributed by atoms with van der Waals surface area (Å²) in [6.45, 7) is 0. The number of benzene rings is 2. The molecule has 2 aromatic carbocycles. The Balaban J connectivity index is 2.23. The number of aromatic nitrogens is 1. The van der Waals surface area contributed by atoms with E-state index in [-0.39, 0.29) is 0 Å². The third-order valence-electron chi connectivity index (χ3n) is 2.92. The molecule has 0 bridgehead atoms. The molecule has 0 fully saturated rings. The molecule has 0 amide bonds. The minimum atomic E-state index is 0.814. The van der Waals surface area contributed by atoms with Crippen molar-refractivity contribution < 1.29 is 4.73 Å². The Morgan fingerprint density at radius 3 is 2.44 bits per heavy atom. The van der Waals surface area contributed by atoms with E-state index in [1.165, 1.54) is 6.20 Å². The van der Waals surface area contributed by atoms with Gasteiger partial charge in [0.2, 0.25) is 0 Å². The zero-order valence-electron chi connectivity index (χ0n) is 9.51. The summed E-state index contributed by atoms with van der Waals surface area (Å²) < 4.78 is 1.64. The highest BCUT2D eigenvalue weighted by Gasteiger charge is 2.06. The Morgan fingerprint density at radius 1 is 0.889 bits per heavy atom. The lowest BCUT2D eigenvalue weighted by Gasteiger charge is -2.05. The van der Waals surface area contributed by atoms with Crippen LogP contribution in [0.1, 0.15) is 0 Å². The van der Waals surface area contributed by atoms with Crippen LogP contribution < -0.4 is 4.73 Å². The van der Waals surface area contributed by atoms with E-state index in [1.807, 2.05) is 30.3 Å². The van der Waals surface area contributed by atoms with E-state index in [1.54, 1.807) is 6.20 Å². The van der Waals surface area contributed by atoms with Gasteiger partial charge in [-0.05, 0) is 33.1 Å². The number of rotatable bonds is 1. The second-order valence-electron chi connectivity index (χ2n) is 4.13. The van der Waals surface area contributed by atoms with Crippen LogP contribution in [0.4, 0.5) is 0 Å². The molecule has 0 unspecified atom stereocenters. The van der Waals surface area contributed by atoms with Gasteiger partial charge in [0.05, 0.1) is 4.47 Å². The third kappa shape index (κ3) is 1.97. The summed E-state index contributed by atoms with van der Waals surface area (Å²) in [5.41, 5.74) is 2.26. The maximum atomic E-state index is 11.4. The Hall–Kier alpha value is -1.87. The average Bonchev–Trinajstić information content (AvgIpc) is 2.39. The Labute approximate surface area is 113 Å². The van der Waals surface area contributed by atoms with Crippen molar-refractivity contribution in [3.63, 3.8) is 0 Å². The first-order valence-electron chi connectivity index (χ1n) is 5.61. The lowest BCUT2D eigenvalue weighted by molar-refractivity contribution is -0.604. The van der Waals surface area contributed by atoms with Crippen molar-refractivity contribution in [2.24, 2.45) is 0 Å². The fourth-order valence-corrected chi connectivity index (χ4v) is 2.62. The van der Waals surface area contributed by atoms with Gasteiger partial charge in [-0.15, -0.1) is 0 Å². The summed E-state index contributed by atoms with van der Waals surface area (Å²) in [6.07, 6.45) is 3.11. The van der Waals surface area contributed by atoms with Crippen LogP contribution in [0.25, 0.3) is 21.9 Å². The first-order valence-corrected chi connectivity index (χ1v) is 6.41. The molecule has 3 rings (SSSR count). The average molecular weight is 300 g/mol. The third-order valence-corrected chi connectivity index (χ3v) is 3.55. The van der Waals surface area contributed by atoms with E-state index in [9.17, 15) is 5.21 Å². The van der Waals surface area contributed by atoms with Crippen molar-refractivity contribution in [3.8, 4) is 11.1 Å². The van der Waals surface area contributed by atoms with Gasteiger partial charge in [0.1, 0.15) is 0 Å². The first kappa shape index (κ1) is 11.2. The maximum absolute atomic E-state index is 11.4. The summed E-state index contributed by atoms with van der Waals surface area (Å²) in [5.74, 6) is 0. The molecule has 0 atom stereocenters. The van der Waals surface area contributed by atoms with Gasteiger partial charge < -0.3 is 5.21 Å². The van der Waals surface area contributed by atoms with E-state index in [0.29, 0.717) is 0 Å². The molecule has 0 aliphatic rings. The highest BCUT2D eigenvalue weighted by atomic mass is 79.9. The summed E-state index contributed by atoms with van der Waals surface area (Å²) in [4.78, 5) is 0. The minimum absolute atomic E-state index is 0.814. The van der Waals surface area contributed by atoms with Crippen molar-refractivity contribution >= 4 is 26.7 Å². The van der Waals surface area contributed by atoms with Gasteiger partial charge in [-0.2, -0.15) is 4.73 Å². The fourth-order valence-electron chi connectivity index (χ4n) is 2.05. The van der Waals surface area contributed by atoms with Gasteiger partial charge in [-0.25, -0.2) is 0 Å². The van der Waals surface area contributed by atoms with Crippen LogP contribution in [0, 0.1) is 5.21 Å². The zero-order chi connectivity index (χ0) is 12.5. The van der Waals surface area contributed by atoms with Crippen molar-refractivity contribution in [3.05, 3.63) is 70.6 Å². The molecule has 0 saturated heterocycles. The maximum Gasteiger partial charge on any atom is 0.195 e. The van der Waals surface area contributed by atoms with Gasteiger partial charge in [0.15, 0.2) is 12.4 Å². The molecule has 0 N–H and O–H groups in total. The minimum Gasteiger partial charge on any atom is -0.619 e. The first-order chi connectivity index (χ1) is 8.74. The highest BCUT2D eigenvalue weighted by molar-refractivity contribution is 9.10. The van der Waals surface area contributed by atoms with Crippen molar-refractivity contribution in [2.45, 2.75) is 0 Å². The molecule has 0 aliphatic carbocycles. The van der Waals surface area contributed by atoms with Crippen molar-refractivity contribution in [1.82, 2.24) is 0 Å². The van der Waals surface area contributed by atoms with Crippen LogP contribution in [-0.2, 0) is 0 Å². The quantitative estimate of drug-likeness (QED) is 0.494. The largest absolute Gasteiger partial charge is 0.619 e. The highest BCUT2D eigenvalue weighted by Crippen LogP contribution is 2.27. The standard InChI is InChI=1S/C15H10BrNO/c16-15-10-17(18)9-13-8-12(6-7-14(13)15)11-4-2-1-3-5-11/h1-10H. The van der Waals surface area contributed by atoms with Gasteiger partial charge in [-0.3, -0.25) is 0 Å². The molecule has 18 heavy (non-hydrogen) atoms. The van der Waals surface area contributed by atoms with Crippen molar-refractivity contribution in [2.75, 3.05) is 0 Å². The van der Waals surface area contributed by atoms with Crippen molar-refractivity contribution in [1.29, 1.82) is 0 Å². The van der Waals surface area contributed by atoms with Gasteiger partial charge in [0, 0.05) is 10.8 Å². The lowest BCUT2D eigenvalue weighted by atomic mass is 10.0. The number of fused-ring (bicyclic) bond motifs is 1. The molecular weight excluding hydrogens is 290 g/mol. The lowest BCUT2D eigenvalue weighted by Crippen LogP contribution is -2.24. The second kappa shape index (κ2) is 4.42. The molecule has 1 heterocycles. The molecular formula is C15H10BrNO. The van der Waals surface area contributed by atoms with E-state index in [0.717, 1.165) is 31.1 Å². The molecule has 0 aliphatic heterocycles. The molecule has 2 nitrogen and oxygen atoms in total. The van der Waals surface area contributed by atoms with E-state index in [2.05, 4.69) is 34.1 Å². The molecule has 88 valence electrons. The fraction of sp³-hybridized carbons (Fsp3) is 0. The number of halogens is 1. The number of nitrogens with zero attached hydrogens (tertiary/aromatic N) is 1. The molecule has 3 heteroatoms. The number of hydrogen-bond acceptors (Lipinski definition) is 1. The van der Waals surface area contributed by atoms with E-state index < -0.39 is 0 Å². The molecule has 0 radical (unpaired) electrons. The Bertz CT molecular complexity index is 710. The van der Waals surface area contributed by atoms with Crippen LogP contribution in [0.3, 0.4) is 0 Å². The van der Waals surface area contributed by atoms with Crippen LogP contribution in [-0.4, -0.2) is 0 Å². The summed E-state index contributed by atoms with van der Waals surface area (Å²) >= 11 is 3.41. The Kier molecular flexibility index (Phi) is 2.76. The molecule has 1 aromatic heterocycles. The topological polar surface area (TPSA) is 26.9 Å². The second-order valence-corrected chi connectivity index (χ2v) is 4.99. The monoisotopic (exact) mass is 299 g/mol. The number of pyridine rings is 1. The van der Waals surface area contributed by atoms with E-state index >= 15 is 0 Å². The summed E-state index contributed by atoms with van der Waals surface area (Å²) in [6, 6.07) is 16.3. The Morgan fingerprint density at radius 2 is 1.67 bits per heavy atom. The van der Waals surface area contributed by atoms with Gasteiger partial charge in [0.25, 0.3) is 0 Å². The molecule has 3 aromatic rings. The number of hydrogen-bond donors (Lipinski definition) is 0. The van der Waals surface area contributed by atoms with Crippen LogP contribution in [0.15, 0.2) is 65.4 Å². The predicted molar refractivity (Wildman–Crippen MR) is 76.0 cm³/mol. The van der Waals surface area contributed by atoms with E-state index in [4.69, 9.17) is 0 Å². The summed E-state index contributed by atoms with van der Waals surface area (Å²) in [5, 5.41) is 13.4. The SMILES string of the molecule is [O-][n+]1cc(Br)c2ccc(-c3ccccc3)cc2c1. The molecule has 0 saturated carbocycles. The van der Waals surface area contributed by atoms with Gasteiger partial charge in [-0.1, -0.05) is 42.5 Å². The van der Waals surface area contributed by atoms with Gasteiger partial charge >= 0.3 is 0 Å². The smallest absolute Gasteiger partial charge is 0.195 e. The predicted octanol–water partition coefficient (Wildman–Crippen LogP) is 3.90. The molecule has 0 spiro atoms. The summed E-state index contributed by atoms with van der Waals surface area (Å²) in [7, 11) is 0.